The molecule has 30 heavy (non-hydrogen) atoms. The molecule has 4 rings (SSSR count). The predicted molar refractivity (Wildman–Crippen MR) is 122 cm³/mol. The number of ether oxygens (including phenoxy) is 1. The minimum absolute atomic E-state index is 0.0914. The molecule has 1 heterocycles. The van der Waals surface area contributed by atoms with Gasteiger partial charge in [-0.05, 0) is 36.8 Å². The fourth-order valence-corrected chi connectivity index (χ4v) is 3.96. The van der Waals surface area contributed by atoms with Gasteiger partial charge in [0.05, 0.1) is 19.3 Å². The zero-order valence-corrected chi connectivity index (χ0v) is 17.7. The van der Waals surface area contributed by atoms with Gasteiger partial charge in [0.25, 0.3) is 5.91 Å². The number of amides is 1. The molecular weight excluding hydrogens is 392 g/mol. The Bertz CT molecular complexity index is 1120. The Morgan fingerprint density at radius 3 is 2.33 bits per heavy atom. The lowest BCUT2D eigenvalue weighted by molar-refractivity contribution is 0.0985. The summed E-state index contributed by atoms with van der Waals surface area (Å²) in [4.78, 5) is 19.9. The van der Waals surface area contributed by atoms with Gasteiger partial charge in [-0.3, -0.25) is 9.69 Å². The quantitative estimate of drug-likeness (QED) is 0.390. The monoisotopic (exact) mass is 414 g/mol. The maximum Gasteiger partial charge on any atom is 0.260 e. The first-order valence-corrected chi connectivity index (χ1v) is 10.5. The summed E-state index contributed by atoms with van der Waals surface area (Å²) in [5.41, 5.74) is 4.76. The van der Waals surface area contributed by atoms with Crippen LogP contribution in [0.3, 0.4) is 0 Å². The van der Waals surface area contributed by atoms with Crippen LogP contribution in [0.4, 0.5) is 5.13 Å². The lowest BCUT2D eigenvalue weighted by Crippen LogP contribution is -2.30. The summed E-state index contributed by atoms with van der Waals surface area (Å²) >= 11 is 1.48. The molecule has 0 fully saturated rings. The van der Waals surface area contributed by atoms with Crippen molar-refractivity contribution in [2.75, 3.05) is 12.0 Å². The van der Waals surface area contributed by atoms with E-state index in [-0.39, 0.29) is 5.91 Å². The van der Waals surface area contributed by atoms with E-state index in [4.69, 9.17) is 9.72 Å². The first-order chi connectivity index (χ1) is 14.6. The molecule has 4 nitrogen and oxygen atoms in total. The Hall–Kier alpha value is -3.44. The van der Waals surface area contributed by atoms with Crippen molar-refractivity contribution in [2.45, 2.75) is 13.5 Å². The van der Waals surface area contributed by atoms with Gasteiger partial charge in [0.2, 0.25) is 0 Å². The van der Waals surface area contributed by atoms with Crippen molar-refractivity contribution in [1.29, 1.82) is 0 Å². The van der Waals surface area contributed by atoms with Crippen molar-refractivity contribution < 1.29 is 9.53 Å². The summed E-state index contributed by atoms with van der Waals surface area (Å²) in [6.07, 6.45) is 0. The number of anilines is 1. The molecule has 1 amide bonds. The largest absolute Gasteiger partial charge is 0.497 e. The Morgan fingerprint density at radius 2 is 1.67 bits per heavy atom. The highest BCUT2D eigenvalue weighted by atomic mass is 32.1. The number of benzene rings is 3. The number of nitrogens with zero attached hydrogens (tertiary/aromatic N) is 2. The van der Waals surface area contributed by atoms with Gasteiger partial charge in [-0.1, -0.05) is 60.2 Å². The normalized spacial score (nSPS) is 10.6. The Balaban J connectivity index is 1.68. The Labute approximate surface area is 180 Å². The highest BCUT2D eigenvalue weighted by Crippen LogP contribution is 2.30. The molecule has 4 aromatic rings. The number of aryl methyl sites for hydroxylation is 1. The molecule has 0 saturated carbocycles. The van der Waals surface area contributed by atoms with Gasteiger partial charge in [0.15, 0.2) is 5.13 Å². The van der Waals surface area contributed by atoms with Crippen LogP contribution in [0.25, 0.3) is 11.3 Å². The van der Waals surface area contributed by atoms with Crippen molar-refractivity contribution in [3.63, 3.8) is 0 Å². The molecule has 3 aromatic carbocycles. The van der Waals surface area contributed by atoms with Crippen molar-refractivity contribution in [2.24, 2.45) is 0 Å². The third-order valence-corrected chi connectivity index (χ3v) is 5.70. The van der Waals surface area contributed by atoms with E-state index in [1.165, 1.54) is 16.9 Å². The number of rotatable bonds is 6. The van der Waals surface area contributed by atoms with Crippen LogP contribution < -0.4 is 9.64 Å². The number of methoxy groups -OCH3 is 1. The number of carbonyl (C=O) groups excluding carboxylic acids is 1. The van der Waals surface area contributed by atoms with E-state index in [1.54, 1.807) is 36.3 Å². The zero-order valence-electron chi connectivity index (χ0n) is 16.9. The first kappa shape index (κ1) is 19.9. The van der Waals surface area contributed by atoms with Gasteiger partial charge in [-0.15, -0.1) is 11.3 Å². The van der Waals surface area contributed by atoms with Crippen LogP contribution in [0.5, 0.6) is 5.75 Å². The van der Waals surface area contributed by atoms with Gasteiger partial charge in [0.1, 0.15) is 5.75 Å². The van der Waals surface area contributed by atoms with E-state index in [0.29, 0.717) is 17.2 Å². The SMILES string of the molecule is COc1ccc(C(=O)N(Cc2ccccc2)c2nc(-c3ccc(C)cc3)cs2)cc1. The summed E-state index contributed by atoms with van der Waals surface area (Å²) in [6, 6.07) is 25.4. The molecule has 0 aliphatic rings. The van der Waals surface area contributed by atoms with Crippen LogP contribution >= 0.6 is 11.3 Å². The summed E-state index contributed by atoms with van der Waals surface area (Å²) in [6.45, 7) is 2.51. The van der Waals surface area contributed by atoms with Crippen molar-refractivity contribution in [1.82, 2.24) is 4.98 Å². The third kappa shape index (κ3) is 4.42. The minimum Gasteiger partial charge on any atom is -0.497 e. The molecule has 0 spiro atoms. The molecule has 0 aliphatic carbocycles. The highest BCUT2D eigenvalue weighted by molar-refractivity contribution is 7.14. The smallest absolute Gasteiger partial charge is 0.260 e. The average Bonchev–Trinajstić information content (AvgIpc) is 3.28. The molecule has 0 aliphatic heterocycles. The summed E-state index contributed by atoms with van der Waals surface area (Å²) in [5, 5.41) is 2.68. The van der Waals surface area contributed by atoms with E-state index < -0.39 is 0 Å². The van der Waals surface area contributed by atoms with Gasteiger partial charge >= 0.3 is 0 Å². The molecule has 0 saturated heterocycles. The highest BCUT2D eigenvalue weighted by Gasteiger charge is 2.21. The summed E-state index contributed by atoms with van der Waals surface area (Å²) < 4.78 is 5.22. The van der Waals surface area contributed by atoms with Gasteiger partial charge in [-0.25, -0.2) is 4.98 Å². The number of hydrogen-bond acceptors (Lipinski definition) is 4. The Morgan fingerprint density at radius 1 is 0.967 bits per heavy atom. The van der Waals surface area contributed by atoms with E-state index >= 15 is 0 Å². The van der Waals surface area contributed by atoms with E-state index in [2.05, 4.69) is 31.2 Å². The summed E-state index contributed by atoms with van der Waals surface area (Å²) in [5.74, 6) is 0.628. The van der Waals surface area contributed by atoms with E-state index in [1.807, 2.05) is 35.7 Å². The fourth-order valence-electron chi connectivity index (χ4n) is 3.13. The molecule has 5 heteroatoms. The van der Waals surface area contributed by atoms with Gasteiger partial charge < -0.3 is 4.74 Å². The second kappa shape index (κ2) is 8.93. The van der Waals surface area contributed by atoms with Crippen molar-refractivity contribution in [3.05, 3.63) is 101 Å². The molecular formula is C25H22N2O2S. The maximum absolute atomic E-state index is 13.4. The molecule has 0 atom stereocenters. The molecule has 0 unspecified atom stereocenters. The fraction of sp³-hybridized carbons (Fsp3) is 0.120. The molecule has 1 aromatic heterocycles. The van der Waals surface area contributed by atoms with E-state index in [9.17, 15) is 4.79 Å². The topological polar surface area (TPSA) is 42.4 Å². The van der Waals surface area contributed by atoms with Crippen LogP contribution in [0.2, 0.25) is 0 Å². The van der Waals surface area contributed by atoms with Crippen LogP contribution in [0.15, 0.2) is 84.2 Å². The molecule has 0 bridgehead atoms. The van der Waals surface area contributed by atoms with Crippen LogP contribution in [0, 0.1) is 6.92 Å². The first-order valence-electron chi connectivity index (χ1n) is 9.66. The number of thiazole rings is 1. The lowest BCUT2D eigenvalue weighted by atomic mass is 10.1. The van der Waals surface area contributed by atoms with Crippen molar-refractivity contribution >= 4 is 22.4 Å². The molecule has 150 valence electrons. The lowest BCUT2D eigenvalue weighted by Gasteiger charge is -2.20. The van der Waals surface area contributed by atoms with Crippen molar-refractivity contribution in [3.8, 4) is 17.0 Å². The number of hydrogen-bond donors (Lipinski definition) is 0. The second-order valence-electron chi connectivity index (χ2n) is 6.99. The van der Waals surface area contributed by atoms with Crippen LogP contribution in [0.1, 0.15) is 21.5 Å². The van der Waals surface area contributed by atoms with Gasteiger partial charge in [-0.2, -0.15) is 0 Å². The van der Waals surface area contributed by atoms with E-state index in [0.717, 1.165) is 22.6 Å². The maximum atomic E-state index is 13.4. The summed E-state index contributed by atoms with van der Waals surface area (Å²) in [7, 11) is 1.61. The standard InChI is InChI=1S/C25H22N2O2S/c1-18-8-10-20(11-9-18)23-17-30-25(26-23)27(16-19-6-4-3-5-7-19)24(28)21-12-14-22(29-2)15-13-21/h3-15,17H,16H2,1-2H3. The van der Waals surface area contributed by atoms with Crippen LogP contribution in [-0.4, -0.2) is 18.0 Å². The minimum atomic E-state index is -0.0914. The third-order valence-electron chi connectivity index (χ3n) is 4.84. The predicted octanol–water partition coefficient (Wildman–Crippen LogP) is 5.97. The van der Waals surface area contributed by atoms with Crippen LogP contribution in [-0.2, 0) is 6.54 Å². The molecule has 0 N–H and O–H groups in total. The molecule has 0 radical (unpaired) electrons. The zero-order chi connectivity index (χ0) is 20.9. The average molecular weight is 415 g/mol. The second-order valence-corrected chi connectivity index (χ2v) is 7.82. The number of carbonyl (C=O) groups is 1. The Kier molecular flexibility index (Phi) is 5.91. The number of aromatic nitrogens is 1. The van der Waals surface area contributed by atoms with Gasteiger partial charge in [0, 0.05) is 16.5 Å².